The molecule has 0 spiro atoms. The lowest BCUT2D eigenvalue weighted by Crippen LogP contribution is -2.02. The van der Waals surface area contributed by atoms with E-state index in [2.05, 4.69) is 12.6 Å². The van der Waals surface area contributed by atoms with Crippen LogP contribution in [0.2, 0.25) is 0 Å². The average molecular weight is 272 g/mol. The van der Waals surface area contributed by atoms with Gasteiger partial charge in [-0.15, -0.1) is 12.6 Å². The number of benzene rings is 2. The summed E-state index contributed by atoms with van der Waals surface area (Å²) in [7, 11) is 0. The van der Waals surface area contributed by atoms with Crippen LogP contribution in [0, 0.1) is 0 Å². The number of aromatic carboxylic acids is 1. The second kappa shape index (κ2) is 4.63. The van der Waals surface area contributed by atoms with Crippen molar-refractivity contribution in [3.8, 4) is 5.75 Å². The molecule has 0 amide bonds. The molecule has 0 fully saturated rings. The fraction of sp³-hybridized carbons (Fsp3) is 0.133. The Hall–Kier alpha value is -1.94. The molecule has 1 N–H and O–H groups in total. The molecule has 4 heteroatoms. The monoisotopic (exact) mass is 272 g/mol. The van der Waals surface area contributed by atoms with E-state index in [0.717, 1.165) is 16.7 Å². The predicted molar refractivity (Wildman–Crippen MR) is 74.2 cm³/mol. The van der Waals surface area contributed by atoms with Gasteiger partial charge in [-0.1, -0.05) is 24.3 Å². The molecular formula is C15H12O3S. The second-order valence-corrected chi connectivity index (χ2v) is 4.92. The smallest absolute Gasteiger partial charge is 0.336 e. The van der Waals surface area contributed by atoms with Crippen molar-refractivity contribution < 1.29 is 14.6 Å². The van der Waals surface area contributed by atoms with Gasteiger partial charge in [0.05, 0.1) is 5.56 Å². The van der Waals surface area contributed by atoms with Crippen LogP contribution in [0.4, 0.5) is 0 Å². The van der Waals surface area contributed by atoms with Gasteiger partial charge in [0.15, 0.2) is 0 Å². The van der Waals surface area contributed by atoms with Crippen LogP contribution in [0.15, 0.2) is 41.3 Å². The molecule has 0 bridgehead atoms. The zero-order valence-electron chi connectivity index (χ0n) is 10.1. The Morgan fingerprint density at radius 3 is 2.63 bits per heavy atom. The largest absolute Gasteiger partial charge is 0.489 e. The summed E-state index contributed by atoms with van der Waals surface area (Å²) in [6, 6.07) is 11.3. The first-order chi connectivity index (χ1) is 9.16. The van der Waals surface area contributed by atoms with Gasteiger partial charge in [-0.25, -0.2) is 4.79 Å². The normalized spacial score (nSPS) is 12.9. The van der Waals surface area contributed by atoms with E-state index in [1.807, 2.05) is 24.3 Å². The predicted octanol–water partition coefficient (Wildman–Crippen LogP) is 3.16. The Morgan fingerprint density at radius 2 is 1.89 bits per heavy atom. The minimum absolute atomic E-state index is 0.213. The first-order valence-corrected chi connectivity index (χ1v) is 6.39. The zero-order valence-corrected chi connectivity index (χ0v) is 11.0. The molecule has 1 heterocycles. The number of carbonyl (C=O) groups is 1. The Kier molecular flexibility index (Phi) is 2.95. The molecule has 2 aromatic rings. The number of carboxylic acid groups (broad SMARTS) is 1. The molecule has 0 radical (unpaired) electrons. The van der Waals surface area contributed by atoms with Crippen molar-refractivity contribution in [2.45, 2.75) is 17.9 Å². The van der Waals surface area contributed by atoms with Crippen LogP contribution < -0.4 is 4.74 Å². The van der Waals surface area contributed by atoms with Gasteiger partial charge < -0.3 is 9.84 Å². The van der Waals surface area contributed by atoms with Crippen molar-refractivity contribution in [2.75, 3.05) is 0 Å². The summed E-state index contributed by atoms with van der Waals surface area (Å²) in [5, 5.41) is 9.14. The molecular weight excluding hydrogens is 260 g/mol. The van der Waals surface area contributed by atoms with Crippen LogP contribution in [0.25, 0.3) is 0 Å². The molecule has 1 aliphatic rings. The fourth-order valence-electron chi connectivity index (χ4n) is 2.31. The van der Waals surface area contributed by atoms with Gasteiger partial charge in [0.1, 0.15) is 12.4 Å². The Balaban J connectivity index is 2.15. The summed E-state index contributed by atoms with van der Waals surface area (Å²) in [4.78, 5) is 11.6. The molecule has 1 aliphatic heterocycles. The van der Waals surface area contributed by atoms with Crippen molar-refractivity contribution in [3.63, 3.8) is 0 Å². The van der Waals surface area contributed by atoms with Crippen LogP contribution in [-0.4, -0.2) is 11.1 Å². The number of hydrogen-bond acceptors (Lipinski definition) is 3. The average Bonchev–Trinajstić information content (AvgIpc) is 2.59. The topological polar surface area (TPSA) is 46.5 Å². The maximum absolute atomic E-state index is 11.1. The maximum Gasteiger partial charge on any atom is 0.336 e. The number of rotatable bonds is 1. The third kappa shape index (κ3) is 2.08. The Morgan fingerprint density at radius 1 is 1.16 bits per heavy atom. The van der Waals surface area contributed by atoms with E-state index in [0.29, 0.717) is 23.7 Å². The van der Waals surface area contributed by atoms with Crippen molar-refractivity contribution in [3.05, 3.63) is 58.7 Å². The third-order valence-electron chi connectivity index (χ3n) is 3.34. The quantitative estimate of drug-likeness (QED) is 0.784. The van der Waals surface area contributed by atoms with E-state index in [1.165, 1.54) is 0 Å². The van der Waals surface area contributed by atoms with Crippen LogP contribution in [0.1, 0.15) is 27.0 Å². The van der Waals surface area contributed by atoms with Gasteiger partial charge in [0.2, 0.25) is 0 Å². The molecule has 0 saturated carbocycles. The third-order valence-corrected chi connectivity index (χ3v) is 3.85. The summed E-state index contributed by atoms with van der Waals surface area (Å²) < 4.78 is 5.75. The number of carboxylic acids is 1. The molecule has 0 aromatic heterocycles. The lowest BCUT2D eigenvalue weighted by Gasteiger charge is -2.11. The lowest BCUT2D eigenvalue weighted by molar-refractivity contribution is 0.0693. The SMILES string of the molecule is O=C(O)c1ccc2c(c1S)Cc1ccccc1CO2. The van der Waals surface area contributed by atoms with Gasteiger partial charge in [-0.3, -0.25) is 0 Å². The minimum atomic E-state index is -0.967. The van der Waals surface area contributed by atoms with Crippen LogP contribution >= 0.6 is 12.6 Å². The molecule has 3 rings (SSSR count). The van der Waals surface area contributed by atoms with Crippen molar-refractivity contribution in [2.24, 2.45) is 0 Å². The second-order valence-electron chi connectivity index (χ2n) is 4.48. The van der Waals surface area contributed by atoms with Gasteiger partial charge in [0, 0.05) is 16.9 Å². The fourth-order valence-corrected chi connectivity index (χ4v) is 2.67. The number of thiol groups is 1. The highest BCUT2D eigenvalue weighted by molar-refractivity contribution is 7.80. The van der Waals surface area contributed by atoms with Gasteiger partial charge >= 0.3 is 5.97 Å². The first-order valence-electron chi connectivity index (χ1n) is 5.94. The molecule has 0 saturated heterocycles. The lowest BCUT2D eigenvalue weighted by atomic mass is 9.99. The van der Waals surface area contributed by atoms with Crippen LogP contribution in [-0.2, 0) is 13.0 Å². The highest BCUT2D eigenvalue weighted by atomic mass is 32.1. The Labute approximate surface area is 116 Å². The van der Waals surface area contributed by atoms with Gasteiger partial charge in [0.25, 0.3) is 0 Å². The molecule has 96 valence electrons. The maximum atomic E-state index is 11.1. The molecule has 0 aliphatic carbocycles. The van der Waals surface area contributed by atoms with E-state index in [-0.39, 0.29) is 5.56 Å². The molecule has 0 atom stereocenters. The van der Waals surface area contributed by atoms with Crippen molar-refractivity contribution in [1.29, 1.82) is 0 Å². The molecule has 3 nitrogen and oxygen atoms in total. The van der Waals surface area contributed by atoms with Gasteiger partial charge in [-0.2, -0.15) is 0 Å². The van der Waals surface area contributed by atoms with E-state index in [9.17, 15) is 4.79 Å². The molecule has 2 aromatic carbocycles. The van der Waals surface area contributed by atoms with E-state index in [1.54, 1.807) is 12.1 Å². The van der Waals surface area contributed by atoms with E-state index in [4.69, 9.17) is 9.84 Å². The minimum Gasteiger partial charge on any atom is -0.489 e. The highest BCUT2D eigenvalue weighted by Gasteiger charge is 2.20. The Bertz CT molecular complexity index is 664. The number of ether oxygens (including phenoxy) is 1. The first kappa shape index (κ1) is 12.1. The summed E-state index contributed by atoms with van der Waals surface area (Å²) in [5.74, 6) is -0.253. The molecule has 19 heavy (non-hydrogen) atoms. The van der Waals surface area contributed by atoms with Crippen LogP contribution in [0.3, 0.4) is 0 Å². The highest BCUT2D eigenvalue weighted by Crippen LogP contribution is 2.34. The number of fused-ring (bicyclic) bond motifs is 2. The van der Waals surface area contributed by atoms with Crippen molar-refractivity contribution >= 4 is 18.6 Å². The summed E-state index contributed by atoms with van der Waals surface area (Å²) in [6.07, 6.45) is 0.644. The van der Waals surface area contributed by atoms with E-state index < -0.39 is 5.97 Å². The zero-order chi connectivity index (χ0) is 13.4. The van der Waals surface area contributed by atoms with Crippen LogP contribution in [0.5, 0.6) is 5.75 Å². The van der Waals surface area contributed by atoms with Crippen molar-refractivity contribution in [1.82, 2.24) is 0 Å². The summed E-state index contributed by atoms with van der Waals surface area (Å²) >= 11 is 4.37. The standard InChI is InChI=1S/C15H12O3S/c16-15(17)11-5-6-13-12(14(11)19)7-9-3-1-2-4-10(9)8-18-13/h1-6,19H,7-8H2,(H,16,17). The summed E-state index contributed by atoms with van der Waals surface area (Å²) in [6.45, 7) is 0.503. The van der Waals surface area contributed by atoms with Gasteiger partial charge in [-0.05, 0) is 23.3 Å². The molecule has 0 unspecified atom stereocenters. The van der Waals surface area contributed by atoms with E-state index >= 15 is 0 Å². The summed E-state index contributed by atoms with van der Waals surface area (Å²) in [5.41, 5.74) is 3.33. The number of hydrogen-bond donors (Lipinski definition) is 2.